The van der Waals surface area contributed by atoms with Crippen LogP contribution in [0.5, 0.6) is 11.5 Å². The van der Waals surface area contributed by atoms with Gasteiger partial charge in [0.15, 0.2) is 11.5 Å². The molecule has 0 fully saturated rings. The number of benzene rings is 1. The van der Waals surface area contributed by atoms with Gasteiger partial charge in [0.25, 0.3) is 0 Å². The molecule has 1 heterocycles. The summed E-state index contributed by atoms with van der Waals surface area (Å²) in [6.45, 7) is 2.85. The number of hydrogen-bond acceptors (Lipinski definition) is 4. The van der Waals surface area contributed by atoms with E-state index >= 15 is 0 Å². The van der Waals surface area contributed by atoms with E-state index in [1.807, 2.05) is 12.1 Å². The third-order valence-electron chi connectivity index (χ3n) is 2.96. The number of aromatic hydroxyl groups is 1. The van der Waals surface area contributed by atoms with Crippen LogP contribution in [0.2, 0.25) is 0 Å². The molecule has 2 N–H and O–H groups in total. The van der Waals surface area contributed by atoms with Gasteiger partial charge in [-0.15, -0.1) is 0 Å². The minimum Gasteiger partial charge on any atom is -0.503 e. The van der Waals surface area contributed by atoms with E-state index in [9.17, 15) is 5.11 Å². The summed E-state index contributed by atoms with van der Waals surface area (Å²) in [6.07, 6.45) is 0. The van der Waals surface area contributed by atoms with Crippen molar-refractivity contribution >= 4 is 27.3 Å². The molecule has 3 nitrogen and oxygen atoms in total. The van der Waals surface area contributed by atoms with E-state index in [0.717, 1.165) is 5.56 Å². The van der Waals surface area contributed by atoms with Crippen molar-refractivity contribution in [3.8, 4) is 11.5 Å². The van der Waals surface area contributed by atoms with Crippen molar-refractivity contribution in [1.29, 1.82) is 0 Å². The van der Waals surface area contributed by atoms with Gasteiger partial charge in [0, 0.05) is 12.6 Å². The molecule has 0 aliphatic carbocycles. The predicted octanol–water partition coefficient (Wildman–Crippen LogP) is 4.08. The zero-order valence-corrected chi connectivity index (χ0v) is 13.2. The van der Waals surface area contributed by atoms with E-state index in [1.165, 1.54) is 5.56 Å². The maximum atomic E-state index is 9.76. The number of nitrogens with one attached hydrogen (secondary N) is 1. The molecular weight excluding hydrogens is 326 g/mol. The lowest BCUT2D eigenvalue weighted by Gasteiger charge is -2.14. The highest BCUT2D eigenvalue weighted by Gasteiger charge is 2.10. The quantitative estimate of drug-likeness (QED) is 0.860. The molecule has 1 unspecified atom stereocenters. The Balaban J connectivity index is 2.05. The van der Waals surface area contributed by atoms with Gasteiger partial charge in [0.05, 0.1) is 11.6 Å². The van der Waals surface area contributed by atoms with Crippen molar-refractivity contribution in [3.63, 3.8) is 0 Å². The average molecular weight is 342 g/mol. The van der Waals surface area contributed by atoms with E-state index in [2.05, 4.69) is 45.0 Å². The lowest BCUT2D eigenvalue weighted by Crippen LogP contribution is -2.17. The van der Waals surface area contributed by atoms with Gasteiger partial charge < -0.3 is 15.2 Å². The largest absolute Gasteiger partial charge is 0.503 e. The maximum absolute atomic E-state index is 9.76. The van der Waals surface area contributed by atoms with Gasteiger partial charge in [0.2, 0.25) is 0 Å². The first-order valence-electron chi connectivity index (χ1n) is 5.92. The number of phenolic OH excluding ortho intramolecular Hbond substituents is 1. The fourth-order valence-corrected chi connectivity index (χ4v) is 3.04. The predicted molar refractivity (Wildman–Crippen MR) is 81.9 cm³/mol. The van der Waals surface area contributed by atoms with E-state index in [1.54, 1.807) is 18.4 Å². The van der Waals surface area contributed by atoms with Gasteiger partial charge in [0.1, 0.15) is 0 Å². The number of phenols is 1. The first kappa shape index (κ1) is 14.4. The summed E-state index contributed by atoms with van der Waals surface area (Å²) in [5.41, 5.74) is 2.35. The van der Waals surface area contributed by atoms with Crippen LogP contribution in [0.15, 0.2) is 33.4 Å². The van der Waals surface area contributed by atoms with Crippen molar-refractivity contribution in [3.05, 3.63) is 44.6 Å². The first-order chi connectivity index (χ1) is 9.11. The van der Waals surface area contributed by atoms with E-state index in [4.69, 9.17) is 4.74 Å². The van der Waals surface area contributed by atoms with Gasteiger partial charge in [-0.05, 0) is 62.9 Å². The minimum atomic E-state index is 0.136. The highest BCUT2D eigenvalue weighted by atomic mass is 79.9. The zero-order chi connectivity index (χ0) is 13.8. The molecule has 1 aromatic carbocycles. The molecule has 5 heteroatoms. The van der Waals surface area contributed by atoms with Crippen molar-refractivity contribution in [2.24, 2.45) is 0 Å². The first-order valence-corrected chi connectivity index (χ1v) is 7.66. The monoisotopic (exact) mass is 341 g/mol. The van der Waals surface area contributed by atoms with Crippen LogP contribution in [0, 0.1) is 0 Å². The van der Waals surface area contributed by atoms with Crippen LogP contribution in [0.3, 0.4) is 0 Å². The van der Waals surface area contributed by atoms with Crippen molar-refractivity contribution in [1.82, 2.24) is 5.32 Å². The molecule has 1 atom stereocenters. The highest BCUT2D eigenvalue weighted by Crippen LogP contribution is 2.35. The van der Waals surface area contributed by atoms with Crippen LogP contribution in [0.1, 0.15) is 24.1 Å². The summed E-state index contributed by atoms with van der Waals surface area (Å²) in [6, 6.07) is 6.15. The second kappa shape index (κ2) is 6.41. The SMILES string of the molecule is COc1cc(CNC(C)c2ccsc2)cc(Br)c1O. The summed E-state index contributed by atoms with van der Waals surface area (Å²) in [5, 5.41) is 17.4. The lowest BCUT2D eigenvalue weighted by atomic mass is 10.1. The Bertz CT molecular complexity index is 543. The second-order valence-electron chi connectivity index (χ2n) is 4.29. The van der Waals surface area contributed by atoms with Crippen LogP contribution < -0.4 is 10.1 Å². The van der Waals surface area contributed by atoms with Gasteiger partial charge in [-0.3, -0.25) is 0 Å². The van der Waals surface area contributed by atoms with Crippen molar-refractivity contribution in [2.75, 3.05) is 7.11 Å². The zero-order valence-electron chi connectivity index (χ0n) is 10.8. The minimum absolute atomic E-state index is 0.136. The van der Waals surface area contributed by atoms with Crippen LogP contribution in [-0.2, 0) is 6.54 Å². The lowest BCUT2D eigenvalue weighted by molar-refractivity contribution is 0.371. The Morgan fingerprint density at radius 2 is 2.26 bits per heavy atom. The number of methoxy groups -OCH3 is 1. The topological polar surface area (TPSA) is 41.5 Å². The van der Waals surface area contributed by atoms with Crippen molar-refractivity contribution in [2.45, 2.75) is 19.5 Å². The molecular formula is C14H16BrNO2S. The third kappa shape index (κ3) is 3.49. The normalized spacial score (nSPS) is 12.4. The number of thiophene rings is 1. The summed E-state index contributed by atoms with van der Waals surface area (Å²) < 4.78 is 5.78. The fraction of sp³-hybridized carbons (Fsp3) is 0.286. The fourth-order valence-electron chi connectivity index (χ4n) is 1.80. The Morgan fingerprint density at radius 1 is 1.47 bits per heavy atom. The molecule has 0 saturated heterocycles. The number of ether oxygens (including phenoxy) is 1. The Hall–Kier alpha value is -1.04. The molecule has 0 spiro atoms. The Morgan fingerprint density at radius 3 is 2.89 bits per heavy atom. The number of halogens is 1. The van der Waals surface area contributed by atoms with Crippen LogP contribution in [0.25, 0.3) is 0 Å². The standard InChI is InChI=1S/C14H16BrNO2S/c1-9(11-3-4-19-8-11)16-7-10-5-12(15)14(17)13(6-10)18-2/h3-6,8-9,16-17H,7H2,1-2H3. The van der Waals surface area contributed by atoms with Crippen LogP contribution in [0.4, 0.5) is 0 Å². The van der Waals surface area contributed by atoms with Gasteiger partial charge in [-0.25, -0.2) is 0 Å². The second-order valence-corrected chi connectivity index (χ2v) is 5.92. The molecule has 102 valence electrons. The average Bonchev–Trinajstić information content (AvgIpc) is 2.93. The van der Waals surface area contributed by atoms with E-state index in [-0.39, 0.29) is 5.75 Å². The van der Waals surface area contributed by atoms with E-state index < -0.39 is 0 Å². The van der Waals surface area contributed by atoms with Crippen LogP contribution >= 0.6 is 27.3 Å². The Kier molecular flexibility index (Phi) is 4.85. The Labute approximate surface area is 125 Å². The summed E-state index contributed by atoms with van der Waals surface area (Å²) in [4.78, 5) is 0. The molecule has 2 aromatic rings. The number of rotatable bonds is 5. The molecule has 19 heavy (non-hydrogen) atoms. The number of hydrogen-bond donors (Lipinski definition) is 2. The molecule has 0 amide bonds. The van der Waals surface area contributed by atoms with Gasteiger partial charge >= 0.3 is 0 Å². The molecule has 1 aromatic heterocycles. The molecule has 0 aliphatic heterocycles. The third-order valence-corrected chi connectivity index (χ3v) is 4.27. The van der Waals surface area contributed by atoms with E-state index in [0.29, 0.717) is 22.8 Å². The molecule has 0 aliphatic rings. The molecule has 2 rings (SSSR count). The molecule has 0 saturated carbocycles. The maximum Gasteiger partial charge on any atom is 0.172 e. The highest BCUT2D eigenvalue weighted by molar-refractivity contribution is 9.10. The summed E-state index contributed by atoms with van der Waals surface area (Å²) >= 11 is 5.03. The van der Waals surface area contributed by atoms with Gasteiger partial charge in [-0.2, -0.15) is 11.3 Å². The molecule has 0 radical (unpaired) electrons. The summed E-state index contributed by atoms with van der Waals surface area (Å²) in [5.74, 6) is 0.617. The van der Waals surface area contributed by atoms with Gasteiger partial charge in [-0.1, -0.05) is 0 Å². The van der Waals surface area contributed by atoms with Crippen LogP contribution in [-0.4, -0.2) is 12.2 Å². The molecule has 0 bridgehead atoms. The van der Waals surface area contributed by atoms with Crippen molar-refractivity contribution < 1.29 is 9.84 Å². The smallest absolute Gasteiger partial charge is 0.172 e. The summed E-state index contributed by atoms with van der Waals surface area (Å²) in [7, 11) is 1.55.